The molecule has 0 fully saturated rings. The molecule has 6 nitrogen and oxygen atoms in total. The van der Waals surface area contributed by atoms with E-state index in [0.717, 1.165) is 18.4 Å². The predicted molar refractivity (Wildman–Crippen MR) is 123 cm³/mol. The molecule has 0 bridgehead atoms. The number of ether oxygens (including phenoxy) is 2. The molecule has 0 spiro atoms. The minimum atomic E-state index is -0.0701. The molecular formula is C25H34N2O4. The molecule has 0 aliphatic carbocycles. The third-order valence-electron chi connectivity index (χ3n) is 4.76. The molecule has 31 heavy (non-hydrogen) atoms. The molecule has 0 aliphatic rings. The van der Waals surface area contributed by atoms with Gasteiger partial charge in [0.05, 0.1) is 13.2 Å². The molecular weight excluding hydrogens is 392 g/mol. The minimum Gasteiger partial charge on any atom is -0.490 e. The second-order valence-electron chi connectivity index (χ2n) is 7.57. The number of benzene rings is 2. The van der Waals surface area contributed by atoms with Gasteiger partial charge in [-0.15, -0.1) is 0 Å². The third-order valence-corrected chi connectivity index (χ3v) is 4.76. The van der Waals surface area contributed by atoms with Crippen LogP contribution in [0.15, 0.2) is 42.5 Å². The van der Waals surface area contributed by atoms with Crippen molar-refractivity contribution in [3.05, 3.63) is 59.2 Å². The van der Waals surface area contributed by atoms with Gasteiger partial charge in [-0.1, -0.05) is 26.0 Å². The van der Waals surface area contributed by atoms with Crippen molar-refractivity contribution >= 4 is 11.8 Å². The zero-order valence-electron chi connectivity index (χ0n) is 19.3. The Labute approximate surface area is 185 Å². The number of rotatable bonds is 11. The predicted octanol–water partition coefficient (Wildman–Crippen LogP) is 4.63. The van der Waals surface area contributed by atoms with E-state index in [2.05, 4.69) is 0 Å². The van der Waals surface area contributed by atoms with Crippen LogP contribution >= 0.6 is 0 Å². The minimum absolute atomic E-state index is 0.0417. The Hall–Kier alpha value is -3.02. The Morgan fingerprint density at radius 3 is 1.90 bits per heavy atom. The first-order valence-corrected chi connectivity index (χ1v) is 10.9. The fourth-order valence-corrected chi connectivity index (χ4v) is 3.04. The first-order chi connectivity index (χ1) is 14.9. The normalized spacial score (nSPS) is 10.5. The summed E-state index contributed by atoms with van der Waals surface area (Å²) in [6.07, 6.45) is 1.77. The van der Waals surface area contributed by atoms with Crippen molar-refractivity contribution in [1.29, 1.82) is 0 Å². The molecule has 0 heterocycles. The summed E-state index contributed by atoms with van der Waals surface area (Å²) in [5.74, 6) is 1.15. The van der Waals surface area contributed by atoms with E-state index in [1.54, 1.807) is 48.2 Å². The molecule has 2 aromatic carbocycles. The summed E-state index contributed by atoms with van der Waals surface area (Å²) in [6, 6.07) is 12.7. The summed E-state index contributed by atoms with van der Waals surface area (Å²) in [5.41, 5.74) is 2.16. The van der Waals surface area contributed by atoms with Crippen molar-refractivity contribution in [3.63, 3.8) is 0 Å². The molecule has 0 atom stereocenters. The van der Waals surface area contributed by atoms with Gasteiger partial charge in [0.1, 0.15) is 0 Å². The van der Waals surface area contributed by atoms with E-state index in [1.807, 2.05) is 39.0 Å². The average Bonchev–Trinajstić information content (AvgIpc) is 2.79. The summed E-state index contributed by atoms with van der Waals surface area (Å²) >= 11 is 0. The van der Waals surface area contributed by atoms with Gasteiger partial charge in [0.25, 0.3) is 11.8 Å². The van der Waals surface area contributed by atoms with Gasteiger partial charge in [-0.2, -0.15) is 0 Å². The van der Waals surface area contributed by atoms with Crippen molar-refractivity contribution in [3.8, 4) is 11.5 Å². The highest BCUT2D eigenvalue weighted by atomic mass is 16.5. The fraction of sp³-hybridized carbons (Fsp3) is 0.440. The van der Waals surface area contributed by atoms with Gasteiger partial charge < -0.3 is 19.3 Å². The van der Waals surface area contributed by atoms with Crippen LogP contribution in [0.5, 0.6) is 11.5 Å². The second-order valence-corrected chi connectivity index (χ2v) is 7.57. The maximum Gasteiger partial charge on any atom is 0.254 e. The Morgan fingerprint density at radius 1 is 0.774 bits per heavy atom. The molecule has 168 valence electrons. The largest absolute Gasteiger partial charge is 0.490 e. The second kappa shape index (κ2) is 12.0. The highest BCUT2D eigenvalue weighted by molar-refractivity contribution is 5.95. The third kappa shape index (κ3) is 6.74. The van der Waals surface area contributed by atoms with E-state index < -0.39 is 0 Å². The smallest absolute Gasteiger partial charge is 0.254 e. The Kier molecular flexibility index (Phi) is 9.38. The van der Waals surface area contributed by atoms with Crippen LogP contribution in [0, 0.1) is 0 Å². The van der Waals surface area contributed by atoms with Crippen molar-refractivity contribution in [2.24, 2.45) is 0 Å². The highest BCUT2D eigenvalue weighted by Gasteiger charge is 2.18. The Morgan fingerprint density at radius 2 is 1.35 bits per heavy atom. The van der Waals surface area contributed by atoms with Crippen LogP contribution in [0.4, 0.5) is 0 Å². The van der Waals surface area contributed by atoms with Gasteiger partial charge >= 0.3 is 0 Å². The molecule has 6 heteroatoms. The molecule has 0 saturated heterocycles. The maximum atomic E-state index is 13.2. The number of amides is 2. The molecule has 0 radical (unpaired) electrons. The standard InChI is InChI=1S/C25H34N2O4/c1-6-15-30-22-14-13-21(17-23(22)31-16-7-2)25(29)27(8-3)18-19-9-11-20(12-10-19)24(28)26(4)5/h9-14,17H,6-8,15-16,18H2,1-5H3. The number of carbonyl (C=O) groups excluding carboxylic acids is 2. The summed E-state index contributed by atoms with van der Waals surface area (Å²) in [6.45, 7) is 8.24. The zero-order chi connectivity index (χ0) is 22.8. The molecule has 0 saturated carbocycles. The lowest BCUT2D eigenvalue weighted by Crippen LogP contribution is -2.30. The van der Waals surface area contributed by atoms with Crippen molar-refractivity contribution in [2.75, 3.05) is 33.9 Å². The number of nitrogens with zero attached hydrogens (tertiary/aromatic N) is 2. The summed E-state index contributed by atoms with van der Waals surface area (Å²) in [5, 5.41) is 0. The molecule has 2 amide bonds. The van der Waals surface area contributed by atoms with E-state index in [1.165, 1.54) is 0 Å². The van der Waals surface area contributed by atoms with Crippen LogP contribution in [0.3, 0.4) is 0 Å². The van der Waals surface area contributed by atoms with Crippen molar-refractivity contribution in [2.45, 2.75) is 40.2 Å². The van der Waals surface area contributed by atoms with E-state index >= 15 is 0 Å². The van der Waals surface area contributed by atoms with Crippen LogP contribution in [-0.4, -0.2) is 55.5 Å². The van der Waals surface area contributed by atoms with Crippen molar-refractivity contribution < 1.29 is 19.1 Å². The van der Waals surface area contributed by atoms with Crippen LogP contribution in [0.2, 0.25) is 0 Å². The molecule has 2 rings (SSSR count). The summed E-state index contributed by atoms with van der Waals surface area (Å²) < 4.78 is 11.6. The fourth-order valence-electron chi connectivity index (χ4n) is 3.04. The number of carbonyl (C=O) groups is 2. The zero-order valence-corrected chi connectivity index (χ0v) is 19.3. The Balaban J connectivity index is 2.18. The van der Waals surface area contributed by atoms with Crippen LogP contribution < -0.4 is 9.47 Å². The van der Waals surface area contributed by atoms with Crippen LogP contribution in [0.25, 0.3) is 0 Å². The lowest BCUT2D eigenvalue weighted by atomic mass is 10.1. The van der Waals surface area contributed by atoms with Crippen molar-refractivity contribution in [1.82, 2.24) is 9.80 Å². The first-order valence-electron chi connectivity index (χ1n) is 10.9. The topological polar surface area (TPSA) is 59.1 Å². The van der Waals surface area contributed by atoms with Gasteiger partial charge in [-0.3, -0.25) is 9.59 Å². The lowest BCUT2D eigenvalue weighted by molar-refractivity contribution is 0.0750. The van der Waals surface area contributed by atoms with Crippen LogP contribution in [0.1, 0.15) is 59.9 Å². The lowest BCUT2D eigenvalue weighted by Gasteiger charge is -2.22. The summed E-state index contributed by atoms with van der Waals surface area (Å²) in [7, 11) is 3.45. The summed E-state index contributed by atoms with van der Waals surface area (Å²) in [4.78, 5) is 28.5. The van der Waals surface area contributed by atoms with Gasteiger partial charge in [-0.05, 0) is 55.7 Å². The SMILES string of the molecule is CCCOc1ccc(C(=O)N(CC)Cc2ccc(C(=O)N(C)C)cc2)cc1OCCC. The Bertz CT molecular complexity index is 862. The number of hydrogen-bond acceptors (Lipinski definition) is 4. The molecule has 2 aromatic rings. The van der Waals surface area contributed by atoms with E-state index in [9.17, 15) is 9.59 Å². The molecule has 0 N–H and O–H groups in total. The molecule has 0 aliphatic heterocycles. The van der Waals surface area contributed by atoms with Gasteiger partial charge in [0, 0.05) is 38.3 Å². The quantitative estimate of drug-likeness (QED) is 0.526. The highest BCUT2D eigenvalue weighted by Crippen LogP contribution is 2.29. The monoisotopic (exact) mass is 426 g/mol. The first kappa shape index (κ1) is 24.3. The van der Waals surface area contributed by atoms with E-state index in [4.69, 9.17) is 9.47 Å². The number of hydrogen-bond donors (Lipinski definition) is 0. The van der Waals surface area contributed by atoms with Gasteiger partial charge in [0.15, 0.2) is 11.5 Å². The van der Waals surface area contributed by atoms with Gasteiger partial charge in [-0.25, -0.2) is 0 Å². The van der Waals surface area contributed by atoms with Gasteiger partial charge in [0.2, 0.25) is 0 Å². The molecule has 0 aromatic heterocycles. The maximum absolute atomic E-state index is 13.2. The average molecular weight is 427 g/mol. The molecule has 0 unspecified atom stereocenters. The van der Waals surface area contributed by atoms with E-state index in [-0.39, 0.29) is 11.8 Å². The van der Waals surface area contributed by atoms with Crippen LogP contribution in [-0.2, 0) is 6.54 Å². The van der Waals surface area contributed by atoms with E-state index in [0.29, 0.717) is 48.9 Å².